The largest absolute Gasteiger partial charge is 0.443 e. The Morgan fingerprint density at radius 1 is 1.31 bits per heavy atom. The summed E-state index contributed by atoms with van der Waals surface area (Å²) < 4.78 is 5.03. The Bertz CT molecular complexity index is 404. The van der Waals surface area contributed by atoms with Crippen LogP contribution < -0.4 is 4.90 Å². The van der Waals surface area contributed by atoms with Crippen LogP contribution in [0.4, 0.5) is 10.5 Å². The Hall–Kier alpha value is -0.640. The Labute approximate surface area is 108 Å². The molecule has 0 aliphatic carbocycles. The molecule has 6 heteroatoms. The van der Waals surface area contributed by atoms with Gasteiger partial charge in [0.05, 0.1) is 18.1 Å². The van der Waals surface area contributed by atoms with Gasteiger partial charge in [-0.1, -0.05) is 23.2 Å². The zero-order valence-electron chi connectivity index (χ0n) is 8.12. The second-order valence-electron chi connectivity index (χ2n) is 3.40. The average molecular weight is 281 g/mol. The summed E-state index contributed by atoms with van der Waals surface area (Å²) in [7, 11) is 0. The summed E-state index contributed by atoms with van der Waals surface area (Å²) in [6.45, 7) is 0.416. The highest BCUT2D eigenvalue weighted by Gasteiger charge is 2.31. The van der Waals surface area contributed by atoms with Gasteiger partial charge in [-0.3, -0.25) is 4.90 Å². The number of ether oxygens (including phenoxy) is 1. The highest BCUT2D eigenvalue weighted by atomic mass is 35.5. The van der Waals surface area contributed by atoms with Gasteiger partial charge >= 0.3 is 6.09 Å². The molecule has 1 fully saturated rings. The Morgan fingerprint density at radius 2 is 1.94 bits per heavy atom. The number of hydrogen-bond donors (Lipinski definition) is 0. The molecular formula is C10H8Cl3NO2. The molecule has 16 heavy (non-hydrogen) atoms. The van der Waals surface area contributed by atoms with E-state index >= 15 is 0 Å². The first kappa shape index (κ1) is 11.8. The Kier molecular flexibility index (Phi) is 3.47. The number of nitrogens with zero attached hydrogens (tertiary/aromatic N) is 1. The van der Waals surface area contributed by atoms with Crippen LogP contribution in [0.5, 0.6) is 0 Å². The summed E-state index contributed by atoms with van der Waals surface area (Å²) in [6, 6.07) is 4.92. The normalized spacial score (nSPS) is 20.1. The number of hydrogen-bond acceptors (Lipinski definition) is 2. The quantitative estimate of drug-likeness (QED) is 0.775. The number of carbonyl (C=O) groups is 1. The first-order valence-electron chi connectivity index (χ1n) is 4.60. The molecule has 1 amide bonds. The number of amides is 1. The maximum absolute atomic E-state index is 11.5. The standard InChI is InChI=1S/C10H8Cl3NO2/c11-4-9-5-14(10(15)16-9)8-2-6(12)1-7(13)3-8/h1-3,9H,4-5H2. The molecule has 1 atom stereocenters. The van der Waals surface area contributed by atoms with Crippen LogP contribution in [-0.4, -0.2) is 24.6 Å². The van der Waals surface area contributed by atoms with E-state index in [0.717, 1.165) is 0 Å². The minimum Gasteiger partial charge on any atom is -0.443 e. The van der Waals surface area contributed by atoms with Gasteiger partial charge < -0.3 is 4.74 Å². The van der Waals surface area contributed by atoms with Gasteiger partial charge in [-0.15, -0.1) is 11.6 Å². The van der Waals surface area contributed by atoms with Gasteiger partial charge in [0, 0.05) is 10.0 Å². The smallest absolute Gasteiger partial charge is 0.414 e. The summed E-state index contributed by atoms with van der Waals surface area (Å²) in [5.41, 5.74) is 0.620. The van der Waals surface area contributed by atoms with E-state index in [1.54, 1.807) is 18.2 Å². The fourth-order valence-electron chi connectivity index (χ4n) is 1.51. The lowest BCUT2D eigenvalue weighted by molar-refractivity contribution is 0.151. The van der Waals surface area contributed by atoms with Gasteiger partial charge in [0.15, 0.2) is 0 Å². The number of benzene rings is 1. The van der Waals surface area contributed by atoms with Crippen molar-refractivity contribution < 1.29 is 9.53 Å². The zero-order valence-corrected chi connectivity index (χ0v) is 10.4. The van der Waals surface area contributed by atoms with Crippen molar-refractivity contribution in [2.75, 3.05) is 17.3 Å². The maximum atomic E-state index is 11.5. The van der Waals surface area contributed by atoms with E-state index in [0.29, 0.717) is 22.3 Å². The predicted molar refractivity (Wildman–Crippen MR) is 64.8 cm³/mol. The minimum atomic E-state index is -0.427. The first-order chi connectivity index (χ1) is 7.60. The number of alkyl halides is 1. The van der Waals surface area contributed by atoms with Gasteiger partial charge in [0.25, 0.3) is 0 Å². The summed E-state index contributed by atoms with van der Waals surface area (Å²) >= 11 is 17.3. The number of cyclic esters (lactones) is 1. The van der Waals surface area contributed by atoms with Crippen molar-refractivity contribution >= 4 is 46.6 Å². The lowest BCUT2D eigenvalue weighted by atomic mass is 10.3. The molecule has 0 N–H and O–H groups in total. The van der Waals surface area contributed by atoms with Crippen LogP contribution in [0.1, 0.15) is 0 Å². The molecule has 0 aromatic heterocycles. The maximum Gasteiger partial charge on any atom is 0.414 e. The molecule has 3 nitrogen and oxygen atoms in total. The molecule has 0 spiro atoms. The van der Waals surface area contributed by atoms with E-state index in [1.807, 2.05) is 0 Å². The van der Waals surface area contributed by atoms with Crippen LogP contribution in [-0.2, 0) is 4.74 Å². The van der Waals surface area contributed by atoms with E-state index in [2.05, 4.69) is 0 Å². The second-order valence-corrected chi connectivity index (χ2v) is 4.58. The molecule has 1 aliphatic heterocycles. The van der Waals surface area contributed by atoms with E-state index in [-0.39, 0.29) is 12.0 Å². The summed E-state index contributed by atoms with van der Waals surface area (Å²) in [5, 5.41) is 0.953. The van der Waals surface area contributed by atoms with Crippen molar-refractivity contribution in [3.63, 3.8) is 0 Å². The van der Waals surface area contributed by atoms with Crippen molar-refractivity contribution in [3.05, 3.63) is 28.2 Å². The third kappa shape index (κ3) is 2.37. The van der Waals surface area contributed by atoms with Gasteiger partial charge in [-0.05, 0) is 18.2 Å². The van der Waals surface area contributed by atoms with Crippen molar-refractivity contribution in [1.82, 2.24) is 0 Å². The Balaban J connectivity index is 2.27. The van der Waals surface area contributed by atoms with Gasteiger partial charge in [0.2, 0.25) is 0 Å². The molecule has 1 aromatic rings. The second kappa shape index (κ2) is 4.70. The topological polar surface area (TPSA) is 29.5 Å². The fourth-order valence-corrected chi connectivity index (χ4v) is 2.18. The average Bonchev–Trinajstić information content (AvgIpc) is 2.58. The van der Waals surface area contributed by atoms with E-state index < -0.39 is 6.09 Å². The summed E-state index contributed by atoms with van der Waals surface area (Å²) in [4.78, 5) is 13.0. The molecule has 1 aromatic carbocycles. The summed E-state index contributed by atoms with van der Waals surface area (Å²) in [6.07, 6.45) is -0.712. The molecule has 0 bridgehead atoms. The fraction of sp³-hybridized carbons (Fsp3) is 0.300. The molecular weight excluding hydrogens is 272 g/mol. The highest BCUT2D eigenvalue weighted by molar-refractivity contribution is 6.35. The van der Waals surface area contributed by atoms with Crippen LogP contribution in [0, 0.1) is 0 Å². The SMILES string of the molecule is O=C1OC(CCl)CN1c1cc(Cl)cc(Cl)c1. The predicted octanol–water partition coefficient (Wildman–Crippen LogP) is 3.56. The van der Waals surface area contributed by atoms with Crippen LogP contribution in [0.25, 0.3) is 0 Å². The highest BCUT2D eigenvalue weighted by Crippen LogP contribution is 2.28. The Morgan fingerprint density at radius 3 is 2.44 bits per heavy atom. The van der Waals surface area contributed by atoms with Crippen LogP contribution in [0.15, 0.2) is 18.2 Å². The lowest BCUT2D eigenvalue weighted by Gasteiger charge is -2.13. The third-order valence-electron chi connectivity index (χ3n) is 2.21. The number of carbonyl (C=O) groups excluding carboxylic acids is 1. The molecule has 1 heterocycles. The molecule has 1 aliphatic rings. The summed E-state index contributed by atoms with van der Waals surface area (Å²) in [5.74, 6) is 0.274. The van der Waals surface area contributed by atoms with Gasteiger partial charge in [-0.25, -0.2) is 4.79 Å². The van der Waals surface area contributed by atoms with Crippen LogP contribution in [0.3, 0.4) is 0 Å². The molecule has 1 unspecified atom stereocenters. The molecule has 2 rings (SSSR count). The monoisotopic (exact) mass is 279 g/mol. The van der Waals surface area contributed by atoms with Crippen molar-refractivity contribution in [2.24, 2.45) is 0 Å². The molecule has 0 radical (unpaired) electrons. The van der Waals surface area contributed by atoms with Crippen molar-refractivity contribution in [2.45, 2.75) is 6.10 Å². The molecule has 1 saturated heterocycles. The first-order valence-corrected chi connectivity index (χ1v) is 5.89. The number of rotatable bonds is 2. The minimum absolute atomic E-state index is 0.274. The molecule has 0 saturated carbocycles. The lowest BCUT2D eigenvalue weighted by Crippen LogP contribution is -2.24. The third-order valence-corrected chi connectivity index (χ3v) is 2.99. The van der Waals surface area contributed by atoms with E-state index in [1.165, 1.54) is 4.90 Å². The number of halogens is 3. The molecule has 86 valence electrons. The van der Waals surface area contributed by atoms with Crippen LogP contribution in [0.2, 0.25) is 10.0 Å². The zero-order chi connectivity index (χ0) is 11.7. The van der Waals surface area contributed by atoms with Crippen molar-refractivity contribution in [3.8, 4) is 0 Å². The van der Waals surface area contributed by atoms with Crippen molar-refractivity contribution in [1.29, 1.82) is 0 Å². The van der Waals surface area contributed by atoms with E-state index in [9.17, 15) is 4.79 Å². The van der Waals surface area contributed by atoms with E-state index in [4.69, 9.17) is 39.5 Å². The van der Waals surface area contributed by atoms with Gasteiger partial charge in [0.1, 0.15) is 6.10 Å². The van der Waals surface area contributed by atoms with Crippen LogP contribution >= 0.6 is 34.8 Å². The number of anilines is 1. The van der Waals surface area contributed by atoms with Gasteiger partial charge in [-0.2, -0.15) is 0 Å².